The standard InChI is InChI=1S/C12H19N3O2/c1-2-6-14-8-5-13-11(12(14)17)15-7-3-4-10(16)9-15/h5,8,10,16H,2-4,6-7,9H2,1H3. The Hall–Kier alpha value is -1.36. The van der Waals surface area contributed by atoms with Crippen molar-refractivity contribution in [1.29, 1.82) is 0 Å². The van der Waals surface area contributed by atoms with E-state index in [2.05, 4.69) is 4.98 Å². The summed E-state index contributed by atoms with van der Waals surface area (Å²) in [4.78, 5) is 18.2. The molecule has 94 valence electrons. The average Bonchev–Trinajstić information content (AvgIpc) is 2.32. The molecule has 0 radical (unpaired) electrons. The van der Waals surface area contributed by atoms with E-state index >= 15 is 0 Å². The molecule has 1 N–H and O–H groups in total. The van der Waals surface area contributed by atoms with Gasteiger partial charge >= 0.3 is 0 Å². The van der Waals surface area contributed by atoms with E-state index < -0.39 is 0 Å². The molecule has 2 rings (SSSR count). The quantitative estimate of drug-likeness (QED) is 0.837. The van der Waals surface area contributed by atoms with Crippen LogP contribution in [0.15, 0.2) is 17.2 Å². The first-order valence-corrected chi connectivity index (χ1v) is 6.21. The van der Waals surface area contributed by atoms with Crippen molar-refractivity contribution < 1.29 is 5.11 Å². The summed E-state index contributed by atoms with van der Waals surface area (Å²) in [5, 5.41) is 9.63. The van der Waals surface area contributed by atoms with Crippen LogP contribution in [0.3, 0.4) is 0 Å². The van der Waals surface area contributed by atoms with Crippen molar-refractivity contribution in [2.75, 3.05) is 18.0 Å². The molecule has 0 saturated carbocycles. The summed E-state index contributed by atoms with van der Waals surface area (Å²) in [6.45, 7) is 4.07. The van der Waals surface area contributed by atoms with Gasteiger partial charge in [-0.2, -0.15) is 0 Å². The molecule has 0 aliphatic carbocycles. The second-order valence-corrected chi connectivity index (χ2v) is 4.49. The van der Waals surface area contributed by atoms with Gasteiger partial charge in [0.25, 0.3) is 5.56 Å². The molecule has 0 amide bonds. The van der Waals surface area contributed by atoms with Crippen LogP contribution in [0.2, 0.25) is 0 Å². The van der Waals surface area contributed by atoms with Crippen LogP contribution in [-0.2, 0) is 6.54 Å². The van der Waals surface area contributed by atoms with Gasteiger partial charge in [-0.15, -0.1) is 0 Å². The Morgan fingerprint density at radius 3 is 3.12 bits per heavy atom. The number of rotatable bonds is 3. The third-order valence-electron chi connectivity index (χ3n) is 3.06. The van der Waals surface area contributed by atoms with Gasteiger partial charge in [0.1, 0.15) is 0 Å². The molecular formula is C12H19N3O2. The van der Waals surface area contributed by atoms with Gasteiger partial charge in [0.05, 0.1) is 6.10 Å². The predicted molar refractivity (Wildman–Crippen MR) is 66.2 cm³/mol. The number of hydrogen-bond acceptors (Lipinski definition) is 4. The molecule has 2 heterocycles. The highest BCUT2D eigenvalue weighted by atomic mass is 16.3. The predicted octanol–water partition coefficient (Wildman–Crippen LogP) is 0.614. The molecular weight excluding hydrogens is 218 g/mol. The van der Waals surface area contributed by atoms with Crippen molar-refractivity contribution in [3.63, 3.8) is 0 Å². The average molecular weight is 237 g/mol. The first-order chi connectivity index (χ1) is 8.22. The monoisotopic (exact) mass is 237 g/mol. The van der Waals surface area contributed by atoms with E-state index in [1.54, 1.807) is 17.0 Å². The molecule has 1 saturated heterocycles. The Morgan fingerprint density at radius 2 is 2.41 bits per heavy atom. The number of aliphatic hydroxyl groups excluding tert-OH is 1. The van der Waals surface area contributed by atoms with Gasteiger partial charge in [0, 0.05) is 32.0 Å². The fraction of sp³-hybridized carbons (Fsp3) is 0.667. The lowest BCUT2D eigenvalue weighted by Gasteiger charge is -2.30. The molecule has 0 spiro atoms. The topological polar surface area (TPSA) is 58.4 Å². The Balaban J connectivity index is 2.25. The summed E-state index contributed by atoms with van der Waals surface area (Å²) in [5.41, 5.74) is -0.0524. The van der Waals surface area contributed by atoms with Gasteiger partial charge in [0.15, 0.2) is 5.82 Å². The van der Waals surface area contributed by atoms with E-state index in [9.17, 15) is 9.90 Å². The molecule has 5 nitrogen and oxygen atoms in total. The molecule has 0 aromatic carbocycles. The smallest absolute Gasteiger partial charge is 0.293 e. The summed E-state index contributed by atoms with van der Waals surface area (Å²) in [6, 6.07) is 0. The van der Waals surface area contributed by atoms with E-state index in [0.717, 1.165) is 25.8 Å². The van der Waals surface area contributed by atoms with E-state index in [-0.39, 0.29) is 11.7 Å². The largest absolute Gasteiger partial charge is 0.391 e. The highest BCUT2D eigenvalue weighted by molar-refractivity contribution is 5.36. The third-order valence-corrected chi connectivity index (χ3v) is 3.06. The zero-order valence-electron chi connectivity index (χ0n) is 10.2. The molecule has 1 aromatic rings. The Bertz CT molecular complexity index is 430. The SMILES string of the molecule is CCCn1ccnc(N2CCCC(O)C2)c1=O. The lowest BCUT2D eigenvalue weighted by atomic mass is 10.1. The molecule has 5 heteroatoms. The molecule has 1 aliphatic heterocycles. The molecule has 1 fully saturated rings. The van der Waals surface area contributed by atoms with E-state index in [0.29, 0.717) is 18.9 Å². The number of aryl methyl sites for hydroxylation is 1. The van der Waals surface area contributed by atoms with Gasteiger partial charge < -0.3 is 14.6 Å². The van der Waals surface area contributed by atoms with Crippen molar-refractivity contribution >= 4 is 5.82 Å². The summed E-state index contributed by atoms with van der Waals surface area (Å²) < 4.78 is 1.68. The molecule has 1 aromatic heterocycles. The molecule has 1 aliphatic rings. The minimum atomic E-state index is -0.343. The summed E-state index contributed by atoms with van der Waals surface area (Å²) in [5.74, 6) is 0.472. The minimum absolute atomic E-state index is 0.0524. The van der Waals surface area contributed by atoms with Gasteiger partial charge in [-0.3, -0.25) is 4.79 Å². The maximum atomic E-state index is 12.1. The fourth-order valence-corrected chi connectivity index (χ4v) is 2.22. The summed E-state index contributed by atoms with van der Waals surface area (Å²) in [7, 11) is 0. The number of aromatic nitrogens is 2. The van der Waals surface area contributed by atoms with Crippen LogP contribution in [0.5, 0.6) is 0 Å². The van der Waals surface area contributed by atoms with Gasteiger partial charge in [0.2, 0.25) is 0 Å². The maximum absolute atomic E-state index is 12.1. The Labute approximate surface area is 101 Å². The second-order valence-electron chi connectivity index (χ2n) is 4.49. The minimum Gasteiger partial charge on any atom is -0.391 e. The van der Waals surface area contributed by atoms with Crippen LogP contribution in [0.1, 0.15) is 26.2 Å². The highest BCUT2D eigenvalue weighted by Gasteiger charge is 2.21. The first kappa shape index (κ1) is 12.1. The third kappa shape index (κ3) is 2.66. The zero-order valence-corrected chi connectivity index (χ0v) is 10.2. The molecule has 1 unspecified atom stereocenters. The first-order valence-electron chi connectivity index (χ1n) is 6.21. The van der Waals surface area contributed by atoms with Crippen molar-refractivity contribution in [2.45, 2.75) is 38.8 Å². The number of nitrogens with zero attached hydrogens (tertiary/aromatic N) is 3. The number of anilines is 1. The lowest BCUT2D eigenvalue weighted by Crippen LogP contribution is -2.42. The van der Waals surface area contributed by atoms with Crippen molar-refractivity contribution in [3.05, 3.63) is 22.7 Å². The lowest BCUT2D eigenvalue weighted by molar-refractivity contribution is 0.153. The Kier molecular flexibility index (Phi) is 3.78. The normalized spacial score (nSPS) is 20.6. The van der Waals surface area contributed by atoms with E-state index in [4.69, 9.17) is 0 Å². The molecule has 0 bridgehead atoms. The van der Waals surface area contributed by atoms with Crippen molar-refractivity contribution in [3.8, 4) is 0 Å². The van der Waals surface area contributed by atoms with Crippen molar-refractivity contribution in [2.24, 2.45) is 0 Å². The maximum Gasteiger partial charge on any atom is 0.293 e. The van der Waals surface area contributed by atoms with E-state index in [1.807, 2.05) is 11.8 Å². The fourth-order valence-electron chi connectivity index (χ4n) is 2.22. The summed E-state index contributed by atoms with van der Waals surface area (Å²) >= 11 is 0. The summed E-state index contributed by atoms with van der Waals surface area (Å²) in [6.07, 6.45) is 5.68. The zero-order chi connectivity index (χ0) is 12.3. The number of β-amino-alcohol motifs (C(OH)–C–C–N with tert-alkyl or cyclic N) is 1. The second kappa shape index (κ2) is 5.31. The Morgan fingerprint density at radius 1 is 1.59 bits per heavy atom. The van der Waals surface area contributed by atoms with Gasteiger partial charge in [-0.05, 0) is 19.3 Å². The van der Waals surface area contributed by atoms with Gasteiger partial charge in [-0.25, -0.2) is 4.98 Å². The van der Waals surface area contributed by atoms with Gasteiger partial charge in [-0.1, -0.05) is 6.92 Å². The van der Waals surface area contributed by atoms with Crippen LogP contribution in [-0.4, -0.2) is 33.9 Å². The molecule has 1 atom stereocenters. The van der Waals surface area contributed by atoms with Crippen LogP contribution in [0.25, 0.3) is 0 Å². The van der Waals surface area contributed by atoms with Crippen LogP contribution in [0, 0.1) is 0 Å². The van der Waals surface area contributed by atoms with Crippen molar-refractivity contribution in [1.82, 2.24) is 9.55 Å². The number of piperidine rings is 1. The van der Waals surface area contributed by atoms with Crippen LogP contribution < -0.4 is 10.5 Å². The molecule has 17 heavy (non-hydrogen) atoms. The number of aliphatic hydroxyl groups is 1. The van der Waals surface area contributed by atoms with Crippen LogP contribution >= 0.6 is 0 Å². The van der Waals surface area contributed by atoms with Crippen LogP contribution in [0.4, 0.5) is 5.82 Å². The number of hydrogen-bond donors (Lipinski definition) is 1. The highest BCUT2D eigenvalue weighted by Crippen LogP contribution is 2.14. The van der Waals surface area contributed by atoms with E-state index in [1.165, 1.54) is 0 Å².